The maximum Gasteiger partial charge on any atom is 0.265 e. The molecular weight excluding hydrogens is 464 g/mol. The molecular formula is C19H13FIN3OS. The summed E-state index contributed by atoms with van der Waals surface area (Å²) in [7, 11) is 0. The van der Waals surface area contributed by atoms with E-state index in [0.29, 0.717) is 4.88 Å². The minimum Gasteiger partial charge on any atom is -0.320 e. The van der Waals surface area contributed by atoms with Crippen molar-refractivity contribution in [2.24, 2.45) is 0 Å². The molecule has 7 heteroatoms. The Balaban J connectivity index is 1.72. The minimum absolute atomic E-state index is 0.152. The highest BCUT2D eigenvalue weighted by Crippen LogP contribution is 2.31. The highest BCUT2D eigenvalue weighted by Gasteiger charge is 2.17. The fourth-order valence-corrected chi connectivity index (χ4v) is 4.26. The van der Waals surface area contributed by atoms with Crippen molar-refractivity contribution < 1.29 is 9.18 Å². The number of benzene rings is 2. The van der Waals surface area contributed by atoms with Gasteiger partial charge in [-0.25, -0.2) is 9.07 Å². The lowest BCUT2D eigenvalue weighted by atomic mass is 10.3. The summed E-state index contributed by atoms with van der Waals surface area (Å²) in [5, 5.41) is 8.39. The van der Waals surface area contributed by atoms with Gasteiger partial charge in [-0.2, -0.15) is 5.10 Å². The maximum atomic E-state index is 13.2. The first kappa shape index (κ1) is 17.2. The highest BCUT2D eigenvalue weighted by molar-refractivity contribution is 14.1. The first-order chi connectivity index (χ1) is 12.5. The third-order valence-electron chi connectivity index (χ3n) is 3.96. The van der Waals surface area contributed by atoms with Gasteiger partial charge in [0.25, 0.3) is 5.91 Å². The third-order valence-corrected chi connectivity index (χ3v) is 6.01. The summed E-state index contributed by atoms with van der Waals surface area (Å²) in [6.45, 7) is 1.90. The Morgan fingerprint density at radius 2 is 1.92 bits per heavy atom. The Bertz CT molecular complexity index is 1120. The molecule has 2 heterocycles. The van der Waals surface area contributed by atoms with Gasteiger partial charge in [-0.3, -0.25) is 4.79 Å². The number of carbonyl (C=O) groups is 1. The molecule has 0 unspecified atom stereocenters. The van der Waals surface area contributed by atoms with Gasteiger partial charge in [0.2, 0.25) is 0 Å². The Morgan fingerprint density at radius 3 is 2.65 bits per heavy atom. The van der Waals surface area contributed by atoms with E-state index in [-0.39, 0.29) is 11.7 Å². The number of amides is 1. The number of hydrogen-bond acceptors (Lipinski definition) is 3. The second-order valence-corrected chi connectivity index (χ2v) is 7.93. The number of nitrogens with one attached hydrogen (secondary N) is 1. The standard InChI is InChI=1S/C19H13FIN3OS/c1-11-14-10-17(18(25)22-16-5-3-2-4-15(16)21)26-19(14)24(23-11)13-8-6-12(20)7-9-13/h2-10H,1H3,(H,22,25). The fourth-order valence-electron chi connectivity index (χ4n) is 2.66. The van der Waals surface area contributed by atoms with Crippen molar-refractivity contribution in [3.63, 3.8) is 0 Å². The van der Waals surface area contributed by atoms with Crippen molar-refractivity contribution in [2.45, 2.75) is 6.92 Å². The molecule has 0 aliphatic carbocycles. The van der Waals surface area contributed by atoms with Crippen molar-refractivity contribution in [1.29, 1.82) is 0 Å². The van der Waals surface area contributed by atoms with Crippen LogP contribution < -0.4 is 5.32 Å². The van der Waals surface area contributed by atoms with E-state index in [1.807, 2.05) is 37.3 Å². The van der Waals surface area contributed by atoms with Gasteiger partial charge in [-0.15, -0.1) is 11.3 Å². The lowest BCUT2D eigenvalue weighted by molar-refractivity contribution is 0.103. The molecule has 1 amide bonds. The molecule has 26 heavy (non-hydrogen) atoms. The second-order valence-electron chi connectivity index (χ2n) is 5.74. The largest absolute Gasteiger partial charge is 0.320 e. The second kappa shape index (κ2) is 6.81. The van der Waals surface area contributed by atoms with Crippen LogP contribution in [0.4, 0.5) is 10.1 Å². The summed E-state index contributed by atoms with van der Waals surface area (Å²) in [5.74, 6) is -0.446. The molecule has 0 aliphatic heterocycles. The van der Waals surface area contributed by atoms with Gasteiger partial charge in [-0.05, 0) is 72.0 Å². The number of aromatic nitrogens is 2. The van der Waals surface area contributed by atoms with Crippen LogP contribution in [0.25, 0.3) is 15.9 Å². The number of aryl methyl sites for hydroxylation is 1. The van der Waals surface area contributed by atoms with E-state index in [9.17, 15) is 9.18 Å². The highest BCUT2D eigenvalue weighted by atomic mass is 127. The van der Waals surface area contributed by atoms with Crippen LogP contribution >= 0.6 is 33.9 Å². The first-order valence-electron chi connectivity index (χ1n) is 7.84. The van der Waals surface area contributed by atoms with Gasteiger partial charge < -0.3 is 5.32 Å². The number of rotatable bonds is 3. The van der Waals surface area contributed by atoms with Gasteiger partial charge in [-0.1, -0.05) is 12.1 Å². The van der Waals surface area contributed by atoms with Gasteiger partial charge in [0, 0.05) is 8.96 Å². The van der Waals surface area contributed by atoms with Crippen LogP contribution in [0.5, 0.6) is 0 Å². The Kier molecular flexibility index (Phi) is 4.49. The summed E-state index contributed by atoms with van der Waals surface area (Å²) < 4.78 is 15.9. The molecule has 0 saturated heterocycles. The zero-order valence-corrected chi connectivity index (χ0v) is 16.6. The van der Waals surface area contributed by atoms with Gasteiger partial charge in [0.05, 0.1) is 21.9 Å². The van der Waals surface area contributed by atoms with Crippen LogP contribution in [0.1, 0.15) is 15.4 Å². The predicted molar refractivity (Wildman–Crippen MR) is 111 cm³/mol. The number of nitrogens with zero attached hydrogens (tertiary/aromatic N) is 2. The molecule has 4 aromatic rings. The molecule has 0 bridgehead atoms. The molecule has 1 N–H and O–H groups in total. The van der Waals surface area contributed by atoms with Crippen LogP contribution in [0.3, 0.4) is 0 Å². The summed E-state index contributed by atoms with van der Waals surface area (Å²) in [4.78, 5) is 14.1. The van der Waals surface area contributed by atoms with Crippen molar-refractivity contribution in [2.75, 3.05) is 5.32 Å². The number of hydrogen-bond donors (Lipinski definition) is 1. The van der Waals surface area contributed by atoms with Gasteiger partial charge >= 0.3 is 0 Å². The quantitative estimate of drug-likeness (QED) is 0.403. The molecule has 2 aromatic heterocycles. The van der Waals surface area contributed by atoms with Crippen LogP contribution in [0.15, 0.2) is 54.6 Å². The summed E-state index contributed by atoms with van der Waals surface area (Å²) >= 11 is 3.56. The zero-order chi connectivity index (χ0) is 18.3. The molecule has 0 atom stereocenters. The predicted octanol–water partition coefficient (Wildman–Crippen LogP) is 5.39. The van der Waals surface area contributed by atoms with E-state index in [2.05, 4.69) is 33.0 Å². The minimum atomic E-state index is -0.294. The molecule has 2 aromatic carbocycles. The van der Waals surface area contributed by atoms with Crippen LogP contribution in [-0.4, -0.2) is 15.7 Å². The molecule has 0 saturated carbocycles. The Hall–Kier alpha value is -2.26. The molecule has 0 fully saturated rings. The lowest BCUT2D eigenvalue weighted by Gasteiger charge is -2.05. The number of halogens is 2. The third kappa shape index (κ3) is 3.12. The van der Waals surface area contributed by atoms with E-state index < -0.39 is 0 Å². The normalized spacial score (nSPS) is 11.0. The molecule has 4 nitrogen and oxygen atoms in total. The Morgan fingerprint density at radius 1 is 1.19 bits per heavy atom. The van der Waals surface area contributed by atoms with Gasteiger partial charge in [0.1, 0.15) is 10.6 Å². The summed E-state index contributed by atoms with van der Waals surface area (Å²) in [6, 6.07) is 15.6. The van der Waals surface area contributed by atoms with Crippen molar-refractivity contribution >= 4 is 55.7 Å². The van der Waals surface area contributed by atoms with E-state index in [1.54, 1.807) is 16.8 Å². The maximum absolute atomic E-state index is 13.2. The average Bonchev–Trinajstić information content (AvgIpc) is 3.19. The van der Waals surface area contributed by atoms with Crippen molar-refractivity contribution in [3.8, 4) is 5.69 Å². The van der Waals surface area contributed by atoms with Crippen molar-refractivity contribution in [3.05, 3.63) is 74.6 Å². The van der Waals surface area contributed by atoms with Crippen LogP contribution in [0.2, 0.25) is 0 Å². The number of anilines is 1. The topological polar surface area (TPSA) is 46.9 Å². The number of carbonyl (C=O) groups excluding carboxylic acids is 1. The average molecular weight is 477 g/mol. The Labute approximate surface area is 166 Å². The summed E-state index contributed by atoms with van der Waals surface area (Å²) in [6.07, 6.45) is 0. The van der Waals surface area contributed by atoms with Crippen LogP contribution in [-0.2, 0) is 0 Å². The summed E-state index contributed by atoms with van der Waals surface area (Å²) in [5.41, 5.74) is 2.37. The number of thiophene rings is 1. The zero-order valence-electron chi connectivity index (χ0n) is 13.7. The SMILES string of the molecule is Cc1nn(-c2ccc(F)cc2)c2sc(C(=O)Nc3ccccc3I)cc12. The number of fused-ring (bicyclic) bond motifs is 1. The smallest absolute Gasteiger partial charge is 0.265 e. The van der Waals surface area contributed by atoms with E-state index in [1.165, 1.54) is 23.5 Å². The van der Waals surface area contributed by atoms with E-state index >= 15 is 0 Å². The monoisotopic (exact) mass is 477 g/mol. The van der Waals surface area contributed by atoms with Crippen molar-refractivity contribution in [1.82, 2.24) is 9.78 Å². The molecule has 0 radical (unpaired) electrons. The van der Waals surface area contributed by atoms with Crippen LogP contribution in [0, 0.1) is 16.3 Å². The molecule has 130 valence electrons. The number of para-hydroxylation sites is 1. The van der Waals surface area contributed by atoms with E-state index in [4.69, 9.17) is 0 Å². The molecule has 0 aliphatic rings. The van der Waals surface area contributed by atoms with Gasteiger partial charge in [0.15, 0.2) is 0 Å². The molecule has 0 spiro atoms. The van der Waals surface area contributed by atoms with E-state index in [0.717, 1.165) is 30.9 Å². The fraction of sp³-hybridized carbons (Fsp3) is 0.0526. The first-order valence-corrected chi connectivity index (χ1v) is 9.73. The molecule has 4 rings (SSSR count). The lowest BCUT2D eigenvalue weighted by Crippen LogP contribution is -2.11.